The molecule has 0 fully saturated rings. The molecule has 94 valence electrons. The number of aryl methyl sites for hydroxylation is 1. The monoisotopic (exact) mass is 253 g/mol. The molecule has 0 aliphatic heterocycles. The van der Waals surface area contributed by atoms with Crippen molar-refractivity contribution in [1.82, 2.24) is 15.0 Å². The summed E-state index contributed by atoms with van der Waals surface area (Å²) in [6.45, 7) is 1.96. The van der Waals surface area contributed by atoms with Gasteiger partial charge in [-0.2, -0.15) is 0 Å². The van der Waals surface area contributed by atoms with Crippen molar-refractivity contribution in [3.8, 4) is 11.5 Å². The summed E-state index contributed by atoms with van der Waals surface area (Å²) < 4.78 is 0. The Hall–Kier alpha value is -2.69. The maximum absolute atomic E-state index is 10.9. The number of nitrogens with zero attached hydrogens (tertiary/aromatic N) is 2. The smallest absolute Gasteiger partial charge is 0.335 e. The van der Waals surface area contributed by atoms with Crippen LogP contribution in [0.4, 0.5) is 0 Å². The minimum absolute atomic E-state index is 0.237. The number of hydrogen-bond acceptors (Lipinski definition) is 3. The van der Waals surface area contributed by atoms with Crippen LogP contribution in [0.3, 0.4) is 0 Å². The van der Waals surface area contributed by atoms with Crippen LogP contribution in [0.2, 0.25) is 0 Å². The Balaban J connectivity index is 2.17. The van der Waals surface area contributed by atoms with Crippen molar-refractivity contribution in [2.45, 2.75) is 6.92 Å². The number of hydrogen-bond donors (Lipinski definition) is 2. The molecule has 3 rings (SSSR count). The molecule has 0 atom stereocenters. The van der Waals surface area contributed by atoms with Gasteiger partial charge in [0, 0.05) is 6.20 Å². The van der Waals surface area contributed by atoms with Crippen molar-refractivity contribution in [2.75, 3.05) is 0 Å². The highest BCUT2D eigenvalue weighted by atomic mass is 16.4. The van der Waals surface area contributed by atoms with E-state index in [1.54, 1.807) is 24.4 Å². The summed E-state index contributed by atoms with van der Waals surface area (Å²) in [6.07, 6.45) is 1.71. The highest BCUT2D eigenvalue weighted by Crippen LogP contribution is 2.22. The van der Waals surface area contributed by atoms with Crippen molar-refractivity contribution < 1.29 is 9.90 Å². The van der Waals surface area contributed by atoms with Gasteiger partial charge in [0.1, 0.15) is 5.69 Å². The molecule has 5 nitrogen and oxygen atoms in total. The van der Waals surface area contributed by atoms with Gasteiger partial charge in [0.2, 0.25) is 0 Å². The quantitative estimate of drug-likeness (QED) is 0.735. The number of pyridine rings is 1. The summed E-state index contributed by atoms with van der Waals surface area (Å²) in [4.78, 5) is 22.8. The van der Waals surface area contributed by atoms with Gasteiger partial charge in [-0.05, 0) is 36.8 Å². The van der Waals surface area contributed by atoms with Gasteiger partial charge in [-0.15, -0.1) is 0 Å². The summed E-state index contributed by atoms with van der Waals surface area (Å²) in [7, 11) is 0. The standard InChI is InChI=1S/C14H11N3O2/c1-8-3-2-6-15-12(8)13-16-10-5-4-9(14(18)19)7-11(10)17-13/h2-7H,1H3,(H,16,17)(H,18,19). The van der Waals surface area contributed by atoms with Gasteiger partial charge in [0.05, 0.1) is 16.6 Å². The summed E-state index contributed by atoms with van der Waals surface area (Å²) in [5.41, 5.74) is 3.45. The van der Waals surface area contributed by atoms with E-state index in [0.29, 0.717) is 11.3 Å². The van der Waals surface area contributed by atoms with Crippen molar-refractivity contribution in [1.29, 1.82) is 0 Å². The lowest BCUT2D eigenvalue weighted by Crippen LogP contribution is -1.94. The fourth-order valence-electron chi connectivity index (χ4n) is 1.99. The molecule has 0 saturated heterocycles. The minimum Gasteiger partial charge on any atom is -0.478 e. The highest BCUT2D eigenvalue weighted by Gasteiger charge is 2.10. The normalized spacial score (nSPS) is 10.8. The van der Waals surface area contributed by atoms with Crippen molar-refractivity contribution >= 4 is 17.0 Å². The molecule has 5 heteroatoms. The maximum Gasteiger partial charge on any atom is 0.335 e. The Labute approximate surface area is 109 Å². The SMILES string of the molecule is Cc1cccnc1-c1nc2ccc(C(=O)O)cc2[nH]1. The topological polar surface area (TPSA) is 78.9 Å². The summed E-state index contributed by atoms with van der Waals surface area (Å²) in [5.74, 6) is -0.303. The van der Waals surface area contributed by atoms with Gasteiger partial charge in [0.25, 0.3) is 0 Å². The Morgan fingerprint density at radius 2 is 2.16 bits per heavy atom. The second-order valence-electron chi connectivity index (χ2n) is 4.29. The molecule has 19 heavy (non-hydrogen) atoms. The minimum atomic E-state index is -0.952. The molecule has 0 radical (unpaired) electrons. The number of imidazole rings is 1. The number of carboxylic acid groups (broad SMARTS) is 1. The molecule has 2 N–H and O–H groups in total. The Morgan fingerprint density at radius 1 is 1.32 bits per heavy atom. The first kappa shape index (κ1) is 11.4. The summed E-state index contributed by atoms with van der Waals surface area (Å²) in [5, 5.41) is 8.97. The zero-order valence-corrected chi connectivity index (χ0v) is 10.2. The van der Waals surface area contributed by atoms with Crippen LogP contribution in [0.1, 0.15) is 15.9 Å². The average molecular weight is 253 g/mol. The Kier molecular flexibility index (Phi) is 2.52. The molecule has 0 unspecified atom stereocenters. The Bertz CT molecular complexity index is 777. The van der Waals surface area contributed by atoms with Gasteiger partial charge in [-0.1, -0.05) is 6.07 Å². The molecule has 0 amide bonds. The van der Waals surface area contributed by atoms with Crippen LogP contribution in [0.5, 0.6) is 0 Å². The van der Waals surface area contributed by atoms with E-state index in [4.69, 9.17) is 5.11 Å². The largest absolute Gasteiger partial charge is 0.478 e. The number of aromatic amines is 1. The zero-order chi connectivity index (χ0) is 13.4. The second-order valence-corrected chi connectivity index (χ2v) is 4.29. The molecule has 2 aromatic heterocycles. The van der Waals surface area contributed by atoms with E-state index in [9.17, 15) is 4.79 Å². The van der Waals surface area contributed by atoms with Gasteiger partial charge in [0.15, 0.2) is 5.82 Å². The number of carboxylic acids is 1. The number of H-pyrrole nitrogens is 1. The number of aromatic nitrogens is 3. The van der Waals surface area contributed by atoms with E-state index in [0.717, 1.165) is 16.8 Å². The lowest BCUT2D eigenvalue weighted by Gasteiger charge is -1.98. The number of benzene rings is 1. The number of rotatable bonds is 2. The van der Waals surface area contributed by atoms with Crippen LogP contribution in [0, 0.1) is 6.92 Å². The summed E-state index contributed by atoms with van der Waals surface area (Å²) >= 11 is 0. The molecule has 3 aromatic rings. The highest BCUT2D eigenvalue weighted by molar-refractivity contribution is 5.92. The summed E-state index contributed by atoms with van der Waals surface area (Å²) in [6, 6.07) is 8.63. The molecule has 0 aliphatic rings. The fourth-order valence-corrected chi connectivity index (χ4v) is 1.99. The Morgan fingerprint density at radius 3 is 2.89 bits per heavy atom. The van der Waals surface area contributed by atoms with E-state index < -0.39 is 5.97 Å². The zero-order valence-electron chi connectivity index (χ0n) is 10.2. The van der Waals surface area contributed by atoms with Crippen molar-refractivity contribution in [3.05, 3.63) is 47.7 Å². The van der Waals surface area contributed by atoms with Crippen molar-refractivity contribution in [2.24, 2.45) is 0 Å². The number of carbonyl (C=O) groups is 1. The lowest BCUT2D eigenvalue weighted by atomic mass is 10.2. The van der Waals surface area contributed by atoms with Crippen LogP contribution >= 0.6 is 0 Å². The average Bonchev–Trinajstić information content (AvgIpc) is 2.81. The fraction of sp³-hybridized carbons (Fsp3) is 0.0714. The molecule has 0 aliphatic carbocycles. The molecule has 0 saturated carbocycles. The number of aromatic carboxylic acids is 1. The predicted molar refractivity (Wildman–Crippen MR) is 71.0 cm³/mol. The first-order chi connectivity index (χ1) is 9.15. The third kappa shape index (κ3) is 1.95. The first-order valence-corrected chi connectivity index (χ1v) is 5.80. The molecule has 2 heterocycles. The van der Waals surface area contributed by atoms with Crippen molar-refractivity contribution in [3.63, 3.8) is 0 Å². The van der Waals surface area contributed by atoms with Gasteiger partial charge < -0.3 is 10.1 Å². The maximum atomic E-state index is 10.9. The van der Waals surface area contributed by atoms with E-state index in [1.807, 2.05) is 19.1 Å². The second kappa shape index (κ2) is 4.20. The van der Waals surface area contributed by atoms with Crippen LogP contribution < -0.4 is 0 Å². The van der Waals surface area contributed by atoms with E-state index in [2.05, 4.69) is 15.0 Å². The first-order valence-electron chi connectivity index (χ1n) is 5.80. The molecule has 1 aromatic carbocycles. The molecular weight excluding hydrogens is 242 g/mol. The molecule has 0 bridgehead atoms. The van der Waals surface area contributed by atoms with Crippen LogP contribution in [0.15, 0.2) is 36.5 Å². The van der Waals surface area contributed by atoms with Gasteiger partial charge in [-0.25, -0.2) is 9.78 Å². The molecular formula is C14H11N3O2. The number of fused-ring (bicyclic) bond motifs is 1. The van der Waals surface area contributed by atoms with Crippen LogP contribution in [-0.2, 0) is 0 Å². The third-order valence-electron chi connectivity index (χ3n) is 2.96. The predicted octanol–water partition coefficient (Wildman–Crippen LogP) is 2.63. The number of nitrogens with one attached hydrogen (secondary N) is 1. The van der Waals surface area contributed by atoms with Gasteiger partial charge >= 0.3 is 5.97 Å². The van der Waals surface area contributed by atoms with Crippen LogP contribution in [0.25, 0.3) is 22.6 Å². The van der Waals surface area contributed by atoms with E-state index >= 15 is 0 Å². The molecule has 0 spiro atoms. The van der Waals surface area contributed by atoms with Gasteiger partial charge in [-0.3, -0.25) is 4.98 Å². The van der Waals surface area contributed by atoms with E-state index in [1.165, 1.54) is 0 Å². The van der Waals surface area contributed by atoms with Crippen LogP contribution in [-0.4, -0.2) is 26.0 Å². The lowest BCUT2D eigenvalue weighted by molar-refractivity contribution is 0.0697. The van der Waals surface area contributed by atoms with E-state index in [-0.39, 0.29) is 5.56 Å². The third-order valence-corrected chi connectivity index (χ3v) is 2.96.